The molecule has 1 spiro atoms. The molecule has 0 aromatic carbocycles. The number of rotatable bonds is 4. The van der Waals surface area contributed by atoms with E-state index in [9.17, 15) is 4.79 Å². The molecular formula is C11H19NO3. The second-order valence-electron chi connectivity index (χ2n) is 4.82. The zero-order valence-electron chi connectivity index (χ0n) is 9.07. The van der Waals surface area contributed by atoms with Crippen molar-refractivity contribution in [2.75, 3.05) is 32.8 Å². The third-order valence-corrected chi connectivity index (χ3v) is 3.54. The third-order valence-electron chi connectivity index (χ3n) is 3.54. The predicted octanol–water partition coefficient (Wildman–Crippen LogP) is 0.964. The molecule has 4 nitrogen and oxygen atoms in total. The minimum absolute atomic E-state index is 0.298. The maximum Gasteiger partial charge on any atom is 0.303 e. The Hall–Kier alpha value is -0.610. The Balaban J connectivity index is 1.62. The van der Waals surface area contributed by atoms with Gasteiger partial charge in [-0.25, -0.2) is 0 Å². The van der Waals surface area contributed by atoms with E-state index < -0.39 is 5.97 Å². The van der Waals surface area contributed by atoms with Crippen LogP contribution >= 0.6 is 0 Å². The summed E-state index contributed by atoms with van der Waals surface area (Å²) in [6, 6.07) is 0. The molecule has 0 aromatic heterocycles. The minimum Gasteiger partial charge on any atom is -0.481 e. The van der Waals surface area contributed by atoms with E-state index in [1.807, 2.05) is 0 Å². The van der Waals surface area contributed by atoms with Crippen molar-refractivity contribution in [3.8, 4) is 0 Å². The van der Waals surface area contributed by atoms with Gasteiger partial charge >= 0.3 is 5.97 Å². The van der Waals surface area contributed by atoms with Gasteiger partial charge in [-0.2, -0.15) is 0 Å². The number of carbonyl (C=O) groups is 1. The Morgan fingerprint density at radius 2 is 2.00 bits per heavy atom. The molecule has 0 saturated carbocycles. The molecule has 2 fully saturated rings. The van der Waals surface area contributed by atoms with Crippen molar-refractivity contribution in [3.05, 3.63) is 0 Å². The Morgan fingerprint density at radius 3 is 2.60 bits per heavy atom. The van der Waals surface area contributed by atoms with Crippen molar-refractivity contribution in [1.29, 1.82) is 0 Å². The Kier molecular flexibility index (Phi) is 3.26. The summed E-state index contributed by atoms with van der Waals surface area (Å²) in [5.41, 5.74) is 0.515. The van der Waals surface area contributed by atoms with Gasteiger partial charge in [0.05, 0.1) is 0 Å². The van der Waals surface area contributed by atoms with Gasteiger partial charge in [0, 0.05) is 38.1 Å². The Labute approximate surface area is 90.2 Å². The first-order chi connectivity index (χ1) is 7.20. The summed E-state index contributed by atoms with van der Waals surface area (Å²) in [6.07, 6.45) is 3.44. The molecule has 1 N–H and O–H groups in total. The SMILES string of the molecule is O=C(O)CCCN1CC2(CCOCC2)C1. The van der Waals surface area contributed by atoms with Crippen LogP contribution in [0.4, 0.5) is 0 Å². The second-order valence-corrected chi connectivity index (χ2v) is 4.82. The van der Waals surface area contributed by atoms with Crippen LogP contribution in [-0.4, -0.2) is 48.8 Å². The number of carboxylic acids is 1. The van der Waals surface area contributed by atoms with Gasteiger partial charge in [-0.05, 0) is 25.8 Å². The molecule has 2 rings (SSSR count). The highest BCUT2D eigenvalue weighted by molar-refractivity contribution is 5.66. The lowest BCUT2D eigenvalue weighted by Gasteiger charge is -2.52. The van der Waals surface area contributed by atoms with E-state index >= 15 is 0 Å². The van der Waals surface area contributed by atoms with Gasteiger partial charge in [0.25, 0.3) is 0 Å². The van der Waals surface area contributed by atoms with E-state index in [-0.39, 0.29) is 0 Å². The van der Waals surface area contributed by atoms with Gasteiger partial charge in [-0.1, -0.05) is 0 Å². The lowest BCUT2D eigenvalue weighted by Crippen LogP contribution is -2.58. The van der Waals surface area contributed by atoms with Gasteiger partial charge in [-0.3, -0.25) is 4.79 Å². The topological polar surface area (TPSA) is 49.8 Å². The van der Waals surface area contributed by atoms with Crippen LogP contribution in [-0.2, 0) is 9.53 Å². The van der Waals surface area contributed by atoms with Gasteiger partial charge in [0.2, 0.25) is 0 Å². The molecule has 2 aliphatic heterocycles. The molecule has 0 amide bonds. The van der Waals surface area contributed by atoms with Gasteiger partial charge in [0.1, 0.15) is 0 Å². The van der Waals surface area contributed by atoms with E-state index in [4.69, 9.17) is 9.84 Å². The molecular weight excluding hydrogens is 194 g/mol. The van der Waals surface area contributed by atoms with Crippen molar-refractivity contribution < 1.29 is 14.6 Å². The van der Waals surface area contributed by atoms with E-state index in [0.29, 0.717) is 11.8 Å². The average molecular weight is 213 g/mol. The van der Waals surface area contributed by atoms with Gasteiger partial charge in [0.15, 0.2) is 0 Å². The molecule has 2 aliphatic rings. The first-order valence-corrected chi connectivity index (χ1v) is 5.72. The molecule has 2 heterocycles. The van der Waals surface area contributed by atoms with E-state index in [1.54, 1.807) is 0 Å². The van der Waals surface area contributed by atoms with Crippen LogP contribution in [0.25, 0.3) is 0 Å². The number of ether oxygens (including phenoxy) is 1. The molecule has 86 valence electrons. The largest absolute Gasteiger partial charge is 0.481 e. The zero-order valence-corrected chi connectivity index (χ0v) is 9.07. The number of hydrogen-bond acceptors (Lipinski definition) is 3. The first kappa shape index (κ1) is 10.9. The molecule has 0 unspecified atom stereocenters. The van der Waals surface area contributed by atoms with Crippen molar-refractivity contribution in [2.45, 2.75) is 25.7 Å². The number of carboxylic acid groups (broad SMARTS) is 1. The number of likely N-dealkylation sites (tertiary alicyclic amines) is 1. The quantitative estimate of drug-likeness (QED) is 0.755. The molecule has 0 atom stereocenters. The highest BCUT2D eigenvalue weighted by Crippen LogP contribution is 2.39. The highest BCUT2D eigenvalue weighted by Gasteiger charge is 2.43. The summed E-state index contributed by atoms with van der Waals surface area (Å²) in [5, 5.41) is 8.52. The molecule has 0 bridgehead atoms. The molecule has 2 saturated heterocycles. The van der Waals surface area contributed by atoms with Crippen LogP contribution in [0.3, 0.4) is 0 Å². The molecule has 4 heteroatoms. The third kappa shape index (κ3) is 2.69. The van der Waals surface area contributed by atoms with Gasteiger partial charge < -0.3 is 14.7 Å². The van der Waals surface area contributed by atoms with Crippen molar-refractivity contribution in [1.82, 2.24) is 4.90 Å². The molecule has 15 heavy (non-hydrogen) atoms. The predicted molar refractivity (Wildman–Crippen MR) is 55.8 cm³/mol. The fourth-order valence-electron chi connectivity index (χ4n) is 2.64. The van der Waals surface area contributed by atoms with Crippen LogP contribution in [0.1, 0.15) is 25.7 Å². The normalized spacial score (nSPS) is 25.1. The Morgan fingerprint density at radius 1 is 1.33 bits per heavy atom. The second kappa shape index (κ2) is 4.49. The van der Waals surface area contributed by atoms with E-state index in [2.05, 4.69) is 4.90 Å². The summed E-state index contributed by atoms with van der Waals surface area (Å²) in [5.74, 6) is -0.684. The highest BCUT2D eigenvalue weighted by atomic mass is 16.5. The maximum absolute atomic E-state index is 10.3. The lowest BCUT2D eigenvalue weighted by atomic mass is 9.73. The zero-order chi connectivity index (χ0) is 10.7. The monoisotopic (exact) mass is 213 g/mol. The number of nitrogens with zero attached hydrogens (tertiary/aromatic N) is 1. The van der Waals surface area contributed by atoms with Crippen molar-refractivity contribution in [3.63, 3.8) is 0 Å². The summed E-state index contributed by atoms with van der Waals surface area (Å²) < 4.78 is 5.35. The fourth-order valence-corrected chi connectivity index (χ4v) is 2.64. The van der Waals surface area contributed by atoms with Crippen molar-refractivity contribution in [2.24, 2.45) is 5.41 Å². The summed E-state index contributed by atoms with van der Waals surface area (Å²) in [6.45, 7) is 5.05. The standard InChI is InChI=1S/C11H19NO3/c13-10(14)2-1-5-12-8-11(9-12)3-6-15-7-4-11/h1-9H2,(H,13,14). The van der Waals surface area contributed by atoms with E-state index in [0.717, 1.165) is 39.3 Å². The number of aliphatic carboxylic acids is 1. The molecule has 0 aliphatic carbocycles. The smallest absolute Gasteiger partial charge is 0.303 e. The minimum atomic E-state index is -0.684. The summed E-state index contributed by atoms with van der Waals surface area (Å²) in [4.78, 5) is 12.7. The van der Waals surface area contributed by atoms with Crippen LogP contribution in [0.5, 0.6) is 0 Å². The maximum atomic E-state index is 10.3. The molecule has 0 radical (unpaired) electrons. The van der Waals surface area contributed by atoms with Crippen LogP contribution in [0.2, 0.25) is 0 Å². The number of hydrogen-bond donors (Lipinski definition) is 1. The average Bonchev–Trinajstić information content (AvgIpc) is 2.16. The van der Waals surface area contributed by atoms with Gasteiger partial charge in [-0.15, -0.1) is 0 Å². The van der Waals surface area contributed by atoms with E-state index in [1.165, 1.54) is 12.8 Å². The summed E-state index contributed by atoms with van der Waals surface area (Å²) >= 11 is 0. The molecule has 0 aromatic rings. The van der Waals surface area contributed by atoms with Crippen LogP contribution in [0.15, 0.2) is 0 Å². The Bertz CT molecular complexity index is 228. The first-order valence-electron chi connectivity index (χ1n) is 5.72. The van der Waals surface area contributed by atoms with Crippen molar-refractivity contribution >= 4 is 5.97 Å². The van der Waals surface area contributed by atoms with Crippen LogP contribution in [0, 0.1) is 5.41 Å². The fraction of sp³-hybridized carbons (Fsp3) is 0.909. The van der Waals surface area contributed by atoms with Crippen LogP contribution < -0.4 is 0 Å². The summed E-state index contributed by atoms with van der Waals surface area (Å²) in [7, 11) is 0. The lowest BCUT2D eigenvalue weighted by molar-refractivity contribution is -0.137.